The minimum atomic E-state index is -0.543. The van der Waals surface area contributed by atoms with Crippen LogP contribution < -0.4 is 0 Å². The molecule has 1 fully saturated rings. The first kappa shape index (κ1) is 16.4. The average molecular weight is 300 g/mol. The van der Waals surface area contributed by atoms with E-state index in [1.807, 2.05) is 6.07 Å². The first-order valence-electron chi connectivity index (χ1n) is 8.01. The minimum absolute atomic E-state index is 0.0265. The quantitative estimate of drug-likeness (QED) is 0.368. The van der Waals surface area contributed by atoms with Crippen molar-refractivity contribution in [3.63, 3.8) is 0 Å². The number of hydrogen-bond donors (Lipinski definition) is 0. The van der Waals surface area contributed by atoms with Crippen molar-refractivity contribution < 1.29 is 14.3 Å². The molecule has 4 nitrogen and oxygen atoms in total. The molecule has 0 unspecified atom stereocenters. The predicted octanol–water partition coefficient (Wildman–Crippen LogP) is 3.71. The van der Waals surface area contributed by atoms with Gasteiger partial charge in [-0.3, -0.25) is 0 Å². The highest BCUT2D eigenvalue weighted by molar-refractivity contribution is 6.40. The third-order valence-electron chi connectivity index (χ3n) is 4.56. The summed E-state index contributed by atoms with van der Waals surface area (Å²) in [4.78, 5) is 15.6. The fraction of sp³-hybridized carbons (Fsp3) is 0.556. The second-order valence-corrected chi connectivity index (χ2v) is 6.58. The Labute approximate surface area is 132 Å². The van der Waals surface area contributed by atoms with Crippen molar-refractivity contribution in [2.45, 2.75) is 46.1 Å². The standard InChI is InChI=1S/C18H24N2O2/c1-12(2)15-10-9-13(3)11-16(15)22-18(21)17(20-19)14-7-5-4-6-8-14/h4-8,12-13,15-16H,9-11H2,1-3H3/t13-,15+,16-/m0/s1. The maximum absolute atomic E-state index is 12.4. The second-order valence-electron chi connectivity index (χ2n) is 6.58. The number of carbonyl (C=O) groups excluding carboxylic acids is 1. The zero-order valence-corrected chi connectivity index (χ0v) is 13.5. The molecule has 0 radical (unpaired) electrons. The number of nitrogens with zero attached hydrogens (tertiary/aromatic N) is 2. The summed E-state index contributed by atoms with van der Waals surface area (Å²) >= 11 is 0. The number of esters is 1. The molecular weight excluding hydrogens is 276 g/mol. The molecule has 1 aliphatic carbocycles. The number of carbonyl (C=O) groups is 1. The Morgan fingerprint density at radius 3 is 2.55 bits per heavy atom. The van der Waals surface area contributed by atoms with Gasteiger partial charge in [0.25, 0.3) is 0 Å². The van der Waals surface area contributed by atoms with E-state index in [4.69, 9.17) is 4.74 Å². The van der Waals surface area contributed by atoms with Crippen LogP contribution in [0.5, 0.6) is 0 Å². The number of benzene rings is 1. The summed E-state index contributed by atoms with van der Waals surface area (Å²) in [7, 11) is 0. The van der Waals surface area contributed by atoms with Gasteiger partial charge >= 0.3 is 11.7 Å². The summed E-state index contributed by atoms with van der Waals surface area (Å²) < 4.78 is 5.71. The van der Waals surface area contributed by atoms with Gasteiger partial charge in [-0.05, 0) is 42.7 Å². The van der Waals surface area contributed by atoms with Gasteiger partial charge in [0.2, 0.25) is 0 Å². The third-order valence-corrected chi connectivity index (χ3v) is 4.56. The Kier molecular flexibility index (Phi) is 5.51. The van der Waals surface area contributed by atoms with E-state index in [1.54, 1.807) is 24.3 Å². The van der Waals surface area contributed by atoms with Crippen LogP contribution in [0.25, 0.3) is 5.53 Å². The van der Waals surface area contributed by atoms with Gasteiger partial charge in [0.15, 0.2) is 0 Å². The number of ether oxygens (including phenoxy) is 1. The van der Waals surface area contributed by atoms with Gasteiger partial charge in [0, 0.05) is 0 Å². The molecule has 118 valence electrons. The molecule has 0 heterocycles. The van der Waals surface area contributed by atoms with Gasteiger partial charge < -0.3 is 10.3 Å². The second kappa shape index (κ2) is 7.37. The highest BCUT2D eigenvalue weighted by Gasteiger charge is 2.36. The smallest absolute Gasteiger partial charge is 0.422 e. The molecular formula is C18H24N2O2. The van der Waals surface area contributed by atoms with E-state index in [2.05, 4.69) is 25.6 Å². The van der Waals surface area contributed by atoms with E-state index in [9.17, 15) is 10.3 Å². The minimum Gasteiger partial charge on any atom is -0.453 e. The molecule has 2 rings (SSSR count). The van der Waals surface area contributed by atoms with E-state index in [-0.39, 0.29) is 11.8 Å². The lowest BCUT2D eigenvalue weighted by atomic mass is 9.75. The lowest BCUT2D eigenvalue weighted by Crippen LogP contribution is -2.37. The van der Waals surface area contributed by atoms with Gasteiger partial charge in [0.05, 0.1) is 5.56 Å². The van der Waals surface area contributed by atoms with Gasteiger partial charge in [-0.1, -0.05) is 45.4 Å². The van der Waals surface area contributed by atoms with Crippen LogP contribution in [0.2, 0.25) is 0 Å². The van der Waals surface area contributed by atoms with Crippen LogP contribution in [-0.2, 0) is 9.53 Å². The molecule has 0 amide bonds. The fourth-order valence-corrected chi connectivity index (χ4v) is 3.26. The van der Waals surface area contributed by atoms with Crippen molar-refractivity contribution in [1.29, 1.82) is 0 Å². The zero-order chi connectivity index (χ0) is 16.1. The maximum Gasteiger partial charge on any atom is 0.422 e. The summed E-state index contributed by atoms with van der Waals surface area (Å²) in [5, 5.41) is 0. The summed E-state index contributed by atoms with van der Waals surface area (Å²) in [6, 6.07) is 8.92. The molecule has 1 aliphatic rings. The molecule has 0 aromatic heterocycles. The van der Waals surface area contributed by atoms with Crippen molar-refractivity contribution in [2.24, 2.45) is 17.8 Å². The SMILES string of the molecule is CC(C)[C@H]1CC[C@H](C)C[C@@H]1OC(=O)C(=[N+]=[N-])c1ccccc1. The number of rotatable bonds is 4. The molecule has 1 aromatic carbocycles. The summed E-state index contributed by atoms with van der Waals surface area (Å²) in [5.74, 6) is 0.852. The monoisotopic (exact) mass is 300 g/mol. The lowest BCUT2D eigenvalue weighted by Gasteiger charge is -2.36. The highest BCUT2D eigenvalue weighted by Crippen LogP contribution is 2.35. The normalized spacial score (nSPS) is 24.6. The van der Waals surface area contributed by atoms with Crippen molar-refractivity contribution in [2.75, 3.05) is 0 Å². The van der Waals surface area contributed by atoms with Gasteiger partial charge in [0.1, 0.15) is 6.10 Å². The Morgan fingerprint density at radius 1 is 1.27 bits per heavy atom. The summed E-state index contributed by atoms with van der Waals surface area (Å²) in [6.07, 6.45) is 3.03. The van der Waals surface area contributed by atoms with E-state index in [0.717, 1.165) is 12.8 Å². The Hall–Kier alpha value is -1.93. The van der Waals surface area contributed by atoms with Crippen molar-refractivity contribution in [3.05, 3.63) is 41.4 Å². The van der Waals surface area contributed by atoms with Crippen LogP contribution in [0.15, 0.2) is 30.3 Å². The molecule has 0 spiro atoms. The molecule has 0 N–H and O–H groups in total. The van der Waals surface area contributed by atoms with E-state index >= 15 is 0 Å². The van der Waals surface area contributed by atoms with Crippen molar-refractivity contribution in [1.82, 2.24) is 0 Å². The molecule has 4 heteroatoms. The van der Waals surface area contributed by atoms with E-state index < -0.39 is 5.97 Å². The van der Waals surface area contributed by atoms with Crippen LogP contribution in [0.4, 0.5) is 0 Å². The zero-order valence-electron chi connectivity index (χ0n) is 13.5. The van der Waals surface area contributed by atoms with Crippen LogP contribution in [0.1, 0.15) is 45.6 Å². The molecule has 3 atom stereocenters. The number of hydrogen-bond acceptors (Lipinski definition) is 2. The fourth-order valence-electron chi connectivity index (χ4n) is 3.26. The van der Waals surface area contributed by atoms with Crippen LogP contribution in [0.3, 0.4) is 0 Å². The van der Waals surface area contributed by atoms with Crippen molar-refractivity contribution in [3.8, 4) is 0 Å². The average Bonchev–Trinajstić information content (AvgIpc) is 2.48. The molecule has 0 aliphatic heterocycles. The molecule has 0 bridgehead atoms. The van der Waals surface area contributed by atoms with Gasteiger partial charge in [-0.15, -0.1) is 0 Å². The molecule has 0 saturated heterocycles. The van der Waals surface area contributed by atoms with Crippen LogP contribution >= 0.6 is 0 Å². The largest absolute Gasteiger partial charge is 0.453 e. The predicted molar refractivity (Wildman–Crippen MR) is 85.4 cm³/mol. The van der Waals surface area contributed by atoms with E-state index in [0.29, 0.717) is 23.3 Å². The third kappa shape index (κ3) is 3.83. The van der Waals surface area contributed by atoms with Gasteiger partial charge in [-0.25, -0.2) is 4.79 Å². The van der Waals surface area contributed by atoms with E-state index in [1.165, 1.54) is 6.42 Å². The van der Waals surface area contributed by atoms with Crippen LogP contribution in [-0.4, -0.2) is 22.6 Å². The molecule has 1 saturated carbocycles. The molecule has 1 aromatic rings. The Bertz CT molecular complexity index is 562. The Balaban J connectivity index is 2.13. The highest BCUT2D eigenvalue weighted by atomic mass is 16.5. The lowest BCUT2D eigenvalue weighted by molar-refractivity contribution is -0.151. The summed E-state index contributed by atoms with van der Waals surface area (Å²) in [5.41, 5.74) is 9.74. The summed E-state index contributed by atoms with van der Waals surface area (Å²) in [6.45, 7) is 6.52. The first-order chi connectivity index (χ1) is 10.5. The van der Waals surface area contributed by atoms with Gasteiger partial charge in [-0.2, -0.15) is 4.79 Å². The topological polar surface area (TPSA) is 62.7 Å². The van der Waals surface area contributed by atoms with Crippen LogP contribution in [0, 0.1) is 17.8 Å². The first-order valence-corrected chi connectivity index (χ1v) is 8.01. The maximum atomic E-state index is 12.4. The molecule has 22 heavy (non-hydrogen) atoms. The van der Waals surface area contributed by atoms with Crippen molar-refractivity contribution >= 4 is 11.7 Å². The Morgan fingerprint density at radius 2 is 1.95 bits per heavy atom.